The Balaban J connectivity index is 1.18. The van der Waals surface area contributed by atoms with Crippen molar-refractivity contribution in [2.45, 2.75) is 84.3 Å². The van der Waals surface area contributed by atoms with Gasteiger partial charge in [-0.3, -0.25) is 14.5 Å². The molecule has 1 aliphatic carbocycles. The van der Waals surface area contributed by atoms with Crippen LogP contribution in [-0.4, -0.2) is 63.5 Å². The number of carbonyl (C=O) groups is 2. The normalized spacial score (nSPS) is 22.9. The molecule has 3 aliphatic rings. The quantitative estimate of drug-likeness (QED) is 0.311. The van der Waals surface area contributed by atoms with E-state index in [4.69, 9.17) is 4.74 Å². The summed E-state index contributed by atoms with van der Waals surface area (Å²) < 4.78 is 21.9. The fourth-order valence-corrected chi connectivity index (χ4v) is 7.17. The number of aryl methyl sites for hydroxylation is 1. The number of nitrogens with zero attached hydrogens (tertiary/aromatic N) is 4. The van der Waals surface area contributed by atoms with Gasteiger partial charge in [0.15, 0.2) is 0 Å². The second kappa shape index (κ2) is 13.6. The molecule has 2 saturated heterocycles. The molecule has 3 unspecified atom stereocenters. The van der Waals surface area contributed by atoms with Crippen molar-refractivity contribution in [1.29, 1.82) is 0 Å². The molecule has 3 aromatic rings. The van der Waals surface area contributed by atoms with E-state index in [9.17, 15) is 9.59 Å². The maximum Gasteiger partial charge on any atom is 0.254 e. The van der Waals surface area contributed by atoms with E-state index < -0.39 is 11.7 Å². The van der Waals surface area contributed by atoms with Crippen LogP contribution in [0.1, 0.15) is 80.4 Å². The van der Waals surface area contributed by atoms with Gasteiger partial charge in [0, 0.05) is 55.8 Å². The van der Waals surface area contributed by atoms with E-state index in [1.54, 1.807) is 4.90 Å². The molecule has 3 heterocycles. The van der Waals surface area contributed by atoms with Crippen LogP contribution in [0, 0.1) is 24.6 Å². The van der Waals surface area contributed by atoms with Gasteiger partial charge in [0.1, 0.15) is 17.3 Å². The van der Waals surface area contributed by atoms with Crippen molar-refractivity contribution < 1.29 is 18.7 Å². The third-order valence-corrected chi connectivity index (χ3v) is 9.74. The van der Waals surface area contributed by atoms with Gasteiger partial charge in [0.25, 0.3) is 5.91 Å². The monoisotopic (exact) mass is 613 g/mol. The summed E-state index contributed by atoms with van der Waals surface area (Å²) in [5, 5.41) is 11.5. The summed E-state index contributed by atoms with van der Waals surface area (Å²) in [5.74, 6) is 0.822. The Morgan fingerprint density at radius 2 is 1.76 bits per heavy atom. The number of piperidine rings is 1. The molecule has 9 heteroatoms. The van der Waals surface area contributed by atoms with E-state index in [2.05, 4.69) is 27.3 Å². The third-order valence-electron chi connectivity index (χ3n) is 9.74. The highest BCUT2D eigenvalue weighted by Crippen LogP contribution is 2.33. The number of ether oxygens (including phenoxy) is 1. The van der Waals surface area contributed by atoms with Gasteiger partial charge in [-0.05, 0) is 93.0 Å². The summed E-state index contributed by atoms with van der Waals surface area (Å²) in [6, 6.07) is 14.7. The van der Waals surface area contributed by atoms with Crippen LogP contribution < -0.4 is 10.1 Å². The molecule has 3 atom stereocenters. The van der Waals surface area contributed by atoms with Gasteiger partial charge in [-0.25, -0.2) is 4.39 Å². The highest BCUT2D eigenvalue weighted by molar-refractivity contribution is 5.95. The maximum absolute atomic E-state index is 15.6. The Kier molecular flexibility index (Phi) is 9.45. The van der Waals surface area contributed by atoms with Crippen molar-refractivity contribution in [3.05, 3.63) is 71.2 Å². The Hall–Kier alpha value is -3.85. The summed E-state index contributed by atoms with van der Waals surface area (Å²) in [4.78, 5) is 30.4. The zero-order chi connectivity index (χ0) is 31.5. The molecule has 1 aromatic heterocycles. The fraction of sp³-hybridized carbons (Fsp3) is 0.500. The highest BCUT2D eigenvalue weighted by Gasteiger charge is 2.32. The number of hydrogen-bond donors (Lipinski definition) is 1. The van der Waals surface area contributed by atoms with E-state index in [0.717, 1.165) is 42.9 Å². The molecule has 3 fully saturated rings. The van der Waals surface area contributed by atoms with Crippen molar-refractivity contribution in [1.82, 2.24) is 25.3 Å². The number of hydrogen-bond acceptors (Lipinski definition) is 6. The first-order valence-corrected chi connectivity index (χ1v) is 16.5. The average Bonchev–Trinajstić information content (AvgIpc) is 3.35. The number of nitrogens with one attached hydrogen (secondary N) is 1. The van der Waals surface area contributed by atoms with Crippen LogP contribution in [0.15, 0.2) is 48.5 Å². The average molecular weight is 614 g/mol. The lowest BCUT2D eigenvalue weighted by atomic mass is 9.84. The SMILES string of the molecule is Cc1ccc(-c2ccc(Oc3cc(C(=O)NC4CCN(C5CCCCC5C)CC4)c(F)cc3CN3CC(C)CC3=O)cc2)nn1. The molecular formula is C36H44FN5O3. The Morgan fingerprint density at radius 1 is 1.00 bits per heavy atom. The molecule has 0 radical (unpaired) electrons. The van der Waals surface area contributed by atoms with Crippen molar-refractivity contribution >= 4 is 11.8 Å². The first-order chi connectivity index (χ1) is 21.7. The molecule has 0 spiro atoms. The zero-order valence-corrected chi connectivity index (χ0v) is 26.6. The minimum Gasteiger partial charge on any atom is -0.457 e. The number of amides is 2. The van der Waals surface area contributed by atoms with E-state index >= 15 is 4.39 Å². The van der Waals surface area contributed by atoms with Gasteiger partial charge in [-0.1, -0.05) is 26.7 Å². The van der Waals surface area contributed by atoms with Crippen LogP contribution in [0.2, 0.25) is 0 Å². The van der Waals surface area contributed by atoms with E-state index in [1.807, 2.05) is 50.2 Å². The van der Waals surface area contributed by atoms with Crippen LogP contribution in [0.4, 0.5) is 4.39 Å². The molecule has 2 aliphatic heterocycles. The largest absolute Gasteiger partial charge is 0.457 e. The van der Waals surface area contributed by atoms with Gasteiger partial charge >= 0.3 is 0 Å². The summed E-state index contributed by atoms with van der Waals surface area (Å²) in [5.41, 5.74) is 2.94. The lowest BCUT2D eigenvalue weighted by Crippen LogP contribution is -2.50. The molecule has 0 bridgehead atoms. The van der Waals surface area contributed by atoms with Crippen LogP contribution in [0.3, 0.4) is 0 Å². The van der Waals surface area contributed by atoms with E-state index in [-0.39, 0.29) is 30.0 Å². The van der Waals surface area contributed by atoms with Crippen LogP contribution in [0.5, 0.6) is 11.5 Å². The minimum atomic E-state index is -0.615. The Bertz CT molecular complexity index is 1500. The summed E-state index contributed by atoms with van der Waals surface area (Å²) in [7, 11) is 0. The molecule has 2 aromatic carbocycles. The molecule has 8 nitrogen and oxygen atoms in total. The van der Waals surface area contributed by atoms with Gasteiger partial charge in [-0.15, -0.1) is 0 Å². The smallest absolute Gasteiger partial charge is 0.254 e. The number of benzene rings is 2. The van der Waals surface area contributed by atoms with Crippen LogP contribution >= 0.6 is 0 Å². The summed E-state index contributed by atoms with van der Waals surface area (Å²) in [6.45, 7) is 8.99. The standard InChI is InChI=1S/C36H44FN5O3/c1-23-18-35(43)42(21-23)22-27-19-31(37)30(36(44)38-28-14-16-41(17-15-28)33-7-5-4-6-24(33)2)20-34(27)45-29-11-9-26(10-12-29)32-13-8-25(3)39-40-32/h8-13,19-20,23-24,28,33H,4-7,14-18,21-22H2,1-3H3,(H,38,44). The van der Waals surface area contributed by atoms with Crippen molar-refractivity contribution in [2.75, 3.05) is 19.6 Å². The van der Waals surface area contributed by atoms with Gasteiger partial charge < -0.3 is 15.0 Å². The molecule has 1 N–H and O–H groups in total. The van der Waals surface area contributed by atoms with Gasteiger partial charge in [-0.2, -0.15) is 10.2 Å². The second-order valence-corrected chi connectivity index (χ2v) is 13.3. The second-order valence-electron chi connectivity index (χ2n) is 13.3. The lowest BCUT2D eigenvalue weighted by molar-refractivity contribution is -0.128. The molecule has 6 rings (SSSR count). The summed E-state index contributed by atoms with van der Waals surface area (Å²) >= 11 is 0. The van der Waals surface area contributed by atoms with Crippen molar-refractivity contribution in [3.8, 4) is 22.8 Å². The molecular weight excluding hydrogens is 569 g/mol. The topological polar surface area (TPSA) is 87.7 Å². The first-order valence-electron chi connectivity index (χ1n) is 16.5. The van der Waals surface area contributed by atoms with Gasteiger partial charge in [0.2, 0.25) is 5.91 Å². The highest BCUT2D eigenvalue weighted by atomic mass is 19.1. The number of carbonyl (C=O) groups excluding carboxylic acids is 2. The number of rotatable bonds is 8. The Labute approximate surface area is 265 Å². The van der Waals surface area contributed by atoms with Crippen LogP contribution in [-0.2, 0) is 11.3 Å². The third kappa shape index (κ3) is 7.35. The van der Waals surface area contributed by atoms with Crippen molar-refractivity contribution in [2.24, 2.45) is 11.8 Å². The molecule has 45 heavy (non-hydrogen) atoms. The lowest BCUT2D eigenvalue weighted by Gasteiger charge is -2.42. The molecule has 1 saturated carbocycles. The minimum absolute atomic E-state index is 0.00258. The van der Waals surface area contributed by atoms with Crippen LogP contribution in [0.25, 0.3) is 11.3 Å². The molecule has 2 amide bonds. The predicted octanol–water partition coefficient (Wildman–Crippen LogP) is 6.52. The Morgan fingerprint density at radius 3 is 2.42 bits per heavy atom. The number of halogens is 1. The van der Waals surface area contributed by atoms with Crippen molar-refractivity contribution in [3.63, 3.8) is 0 Å². The first kappa shape index (κ1) is 31.1. The van der Waals surface area contributed by atoms with E-state index in [1.165, 1.54) is 37.8 Å². The van der Waals surface area contributed by atoms with Gasteiger partial charge in [0.05, 0.1) is 17.0 Å². The molecule has 238 valence electrons. The number of likely N-dealkylation sites (tertiary alicyclic amines) is 2. The fourth-order valence-electron chi connectivity index (χ4n) is 7.17. The zero-order valence-electron chi connectivity index (χ0n) is 26.6. The summed E-state index contributed by atoms with van der Waals surface area (Å²) in [6.07, 6.45) is 7.33. The maximum atomic E-state index is 15.6. The number of aromatic nitrogens is 2. The predicted molar refractivity (Wildman–Crippen MR) is 171 cm³/mol. The van der Waals surface area contributed by atoms with E-state index in [0.29, 0.717) is 42.0 Å².